The van der Waals surface area contributed by atoms with Gasteiger partial charge in [0.25, 0.3) is 0 Å². The van der Waals surface area contributed by atoms with Gasteiger partial charge >= 0.3 is 13.6 Å². The molecule has 5 nitrogen and oxygen atoms in total. The molecule has 0 heterocycles. The van der Waals surface area contributed by atoms with Crippen molar-refractivity contribution in [2.24, 2.45) is 23.7 Å². The van der Waals surface area contributed by atoms with Crippen LogP contribution in [0, 0.1) is 23.7 Å². The third kappa shape index (κ3) is 3.28. The molecule has 0 saturated heterocycles. The number of carbonyl (C=O) groups is 1. The summed E-state index contributed by atoms with van der Waals surface area (Å²) >= 11 is 0. The van der Waals surface area contributed by atoms with E-state index in [0.717, 1.165) is 17.9 Å². The van der Waals surface area contributed by atoms with E-state index in [1.165, 1.54) is 39.2 Å². The van der Waals surface area contributed by atoms with Crippen LogP contribution in [-0.2, 0) is 18.4 Å². The number of hydrogen-bond donors (Lipinski definition) is 0. The summed E-state index contributed by atoms with van der Waals surface area (Å²) in [7, 11) is -1.97. The molecule has 1 aromatic carbocycles. The Morgan fingerprint density at radius 3 is 2.15 bits per heavy atom. The van der Waals surface area contributed by atoms with E-state index in [4.69, 9.17) is 13.8 Å². The number of esters is 1. The Morgan fingerprint density at radius 2 is 1.65 bits per heavy atom. The molecule has 4 saturated carbocycles. The third-order valence-electron chi connectivity index (χ3n) is 6.18. The average Bonchev–Trinajstić information content (AvgIpc) is 2.64. The summed E-state index contributed by atoms with van der Waals surface area (Å²) in [4.78, 5) is 11.3. The van der Waals surface area contributed by atoms with Crippen LogP contribution in [0.5, 0.6) is 5.75 Å². The fourth-order valence-electron chi connectivity index (χ4n) is 5.27. The summed E-state index contributed by atoms with van der Waals surface area (Å²) in [6.07, 6.45) is 7.26. The maximum Gasteiger partial charge on any atom is 0.361 e. The third-order valence-corrected chi connectivity index (χ3v) is 8.11. The van der Waals surface area contributed by atoms with Gasteiger partial charge in [-0.05, 0) is 80.0 Å². The van der Waals surface area contributed by atoms with Crippen molar-refractivity contribution < 1.29 is 23.1 Å². The lowest BCUT2D eigenvalue weighted by Gasteiger charge is -2.54. The van der Waals surface area contributed by atoms with Crippen LogP contribution in [0.4, 0.5) is 0 Å². The van der Waals surface area contributed by atoms with Gasteiger partial charge in [-0.1, -0.05) is 6.58 Å². The highest BCUT2D eigenvalue weighted by Crippen LogP contribution is 2.59. The van der Waals surface area contributed by atoms with Crippen molar-refractivity contribution in [1.82, 2.24) is 0 Å². The van der Waals surface area contributed by atoms with E-state index in [9.17, 15) is 9.36 Å². The van der Waals surface area contributed by atoms with Crippen LogP contribution in [0.1, 0.15) is 32.1 Å². The predicted octanol–water partition coefficient (Wildman–Crippen LogP) is 4.08. The minimum Gasteiger partial charge on any atom is -0.423 e. The van der Waals surface area contributed by atoms with Crippen molar-refractivity contribution in [2.45, 2.75) is 38.2 Å². The maximum atomic E-state index is 13.4. The zero-order valence-corrected chi connectivity index (χ0v) is 15.9. The number of carbonyl (C=O) groups excluding carboxylic acids is 1. The number of ether oxygens (including phenoxy) is 1. The van der Waals surface area contributed by atoms with Crippen LogP contribution in [0.25, 0.3) is 0 Å². The quantitative estimate of drug-likeness (QED) is 0.324. The topological polar surface area (TPSA) is 61.8 Å². The largest absolute Gasteiger partial charge is 0.423 e. The van der Waals surface area contributed by atoms with Crippen molar-refractivity contribution in [3.8, 4) is 5.75 Å². The Balaban J connectivity index is 1.51. The first-order valence-corrected chi connectivity index (χ1v) is 10.8. The molecule has 0 spiro atoms. The van der Waals surface area contributed by atoms with Crippen LogP contribution in [0.3, 0.4) is 0 Å². The standard InChI is InChI=1S/C20H25O5P/c1-3-19(21)24-17-4-6-18(7-5-17)26(22,23-2)25-20-15-9-13-8-14(11-15)12-16(20)10-13/h3-7,13-16,20H,1,8-12H2,2H3. The van der Waals surface area contributed by atoms with Crippen LogP contribution in [0.2, 0.25) is 0 Å². The second-order valence-electron chi connectivity index (χ2n) is 7.80. The van der Waals surface area contributed by atoms with Gasteiger partial charge in [0.15, 0.2) is 0 Å². The minimum absolute atomic E-state index is 0.0202. The van der Waals surface area contributed by atoms with Crippen molar-refractivity contribution in [3.05, 3.63) is 36.9 Å². The second kappa shape index (κ2) is 6.95. The average molecular weight is 376 g/mol. The molecule has 4 aliphatic carbocycles. The molecule has 26 heavy (non-hydrogen) atoms. The van der Waals surface area contributed by atoms with E-state index in [1.54, 1.807) is 24.3 Å². The number of hydrogen-bond acceptors (Lipinski definition) is 5. The van der Waals surface area contributed by atoms with E-state index in [1.807, 2.05) is 0 Å². The molecule has 5 rings (SSSR count). The van der Waals surface area contributed by atoms with Crippen LogP contribution in [-0.4, -0.2) is 19.2 Å². The van der Waals surface area contributed by atoms with Gasteiger partial charge in [0.05, 0.1) is 11.4 Å². The van der Waals surface area contributed by atoms with E-state index >= 15 is 0 Å². The van der Waals surface area contributed by atoms with E-state index in [-0.39, 0.29) is 6.10 Å². The zero-order chi connectivity index (χ0) is 18.3. The smallest absolute Gasteiger partial charge is 0.361 e. The van der Waals surface area contributed by atoms with Gasteiger partial charge in [0.1, 0.15) is 5.75 Å². The normalized spacial score (nSPS) is 34.3. The van der Waals surface area contributed by atoms with Crippen LogP contribution >= 0.6 is 7.60 Å². The van der Waals surface area contributed by atoms with Gasteiger partial charge in [0, 0.05) is 13.2 Å². The Hall–Kier alpha value is -1.42. The summed E-state index contributed by atoms with van der Waals surface area (Å²) in [6.45, 7) is 3.37. The molecule has 0 aromatic heterocycles. The zero-order valence-electron chi connectivity index (χ0n) is 15.0. The van der Waals surface area contributed by atoms with Gasteiger partial charge in [-0.3, -0.25) is 4.57 Å². The first-order chi connectivity index (χ1) is 12.5. The fourth-order valence-corrected chi connectivity index (χ4v) is 6.87. The van der Waals surface area contributed by atoms with Crippen molar-refractivity contribution in [3.63, 3.8) is 0 Å². The first kappa shape index (κ1) is 18.0. The van der Waals surface area contributed by atoms with Gasteiger partial charge in [0.2, 0.25) is 0 Å². The molecule has 1 atom stereocenters. The molecule has 4 aliphatic rings. The maximum absolute atomic E-state index is 13.4. The highest BCUT2D eigenvalue weighted by atomic mass is 31.2. The molecule has 140 valence electrons. The summed E-state index contributed by atoms with van der Waals surface area (Å²) in [5.41, 5.74) is 0. The monoisotopic (exact) mass is 376 g/mol. The Kier molecular flexibility index (Phi) is 4.81. The molecule has 1 aromatic rings. The van der Waals surface area contributed by atoms with Crippen LogP contribution < -0.4 is 10.0 Å². The fraction of sp³-hybridized carbons (Fsp3) is 0.550. The molecule has 4 bridgehead atoms. The van der Waals surface area contributed by atoms with Gasteiger partial charge < -0.3 is 13.8 Å². The Labute approximate surface area is 154 Å². The van der Waals surface area contributed by atoms with Gasteiger partial charge in [-0.25, -0.2) is 4.79 Å². The minimum atomic E-state index is -3.40. The van der Waals surface area contributed by atoms with E-state index < -0.39 is 13.6 Å². The highest BCUT2D eigenvalue weighted by Gasteiger charge is 2.51. The van der Waals surface area contributed by atoms with Crippen LogP contribution in [0.15, 0.2) is 36.9 Å². The molecule has 4 fully saturated rings. The molecule has 0 radical (unpaired) electrons. The molecule has 0 aliphatic heterocycles. The van der Waals surface area contributed by atoms with Crippen molar-refractivity contribution in [2.75, 3.05) is 7.11 Å². The molecule has 0 N–H and O–H groups in total. The molecule has 6 heteroatoms. The first-order valence-electron chi connectivity index (χ1n) is 9.30. The van der Waals surface area contributed by atoms with E-state index in [0.29, 0.717) is 22.9 Å². The number of benzene rings is 1. The second-order valence-corrected chi connectivity index (χ2v) is 9.89. The van der Waals surface area contributed by atoms with Gasteiger partial charge in [-0.15, -0.1) is 0 Å². The Morgan fingerprint density at radius 1 is 1.08 bits per heavy atom. The van der Waals surface area contributed by atoms with Crippen molar-refractivity contribution in [1.29, 1.82) is 0 Å². The van der Waals surface area contributed by atoms with Gasteiger partial charge in [-0.2, -0.15) is 0 Å². The number of rotatable bonds is 6. The SMILES string of the molecule is C=CC(=O)Oc1ccc(P(=O)(OC)OC2C3CC4CC(C3)CC2C4)cc1. The summed E-state index contributed by atoms with van der Waals surface area (Å²) in [6, 6.07) is 6.49. The lowest BCUT2D eigenvalue weighted by molar-refractivity contribution is -0.128. The summed E-state index contributed by atoms with van der Waals surface area (Å²) in [5.74, 6) is 2.51. The van der Waals surface area contributed by atoms with E-state index in [2.05, 4.69) is 6.58 Å². The molecule has 1 unspecified atom stereocenters. The molecular formula is C20H25O5P. The lowest BCUT2D eigenvalue weighted by Crippen LogP contribution is -2.49. The highest BCUT2D eigenvalue weighted by molar-refractivity contribution is 7.62. The lowest BCUT2D eigenvalue weighted by atomic mass is 9.55. The molecular weight excluding hydrogens is 351 g/mol. The summed E-state index contributed by atoms with van der Waals surface area (Å²) in [5, 5.41) is 0.493. The van der Waals surface area contributed by atoms with Crippen molar-refractivity contribution >= 4 is 18.9 Å². The predicted molar refractivity (Wildman–Crippen MR) is 98.4 cm³/mol. The Bertz CT molecular complexity index is 713. The summed E-state index contributed by atoms with van der Waals surface area (Å²) < 4.78 is 30.0. The molecule has 0 amide bonds.